The molecule has 1 fully saturated rings. The van der Waals surface area contributed by atoms with E-state index in [1.165, 1.54) is 11.8 Å². The van der Waals surface area contributed by atoms with Crippen LogP contribution < -0.4 is 19.7 Å². The zero-order chi connectivity index (χ0) is 29.3. The Labute approximate surface area is 250 Å². The molecule has 42 heavy (non-hydrogen) atoms. The Hall–Kier alpha value is -4.02. The number of rotatable bonds is 13. The van der Waals surface area contributed by atoms with Crippen LogP contribution in [0.4, 0.5) is 5.82 Å². The Balaban J connectivity index is 1.26. The lowest BCUT2D eigenvalue weighted by molar-refractivity contribution is 0.0834. The monoisotopic (exact) mass is 588 g/mol. The van der Waals surface area contributed by atoms with Crippen molar-refractivity contribution in [2.45, 2.75) is 36.3 Å². The second kappa shape index (κ2) is 14.2. The van der Waals surface area contributed by atoms with Gasteiger partial charge in [0.05, 0.1) is 31.8 Å². The van der Waals surface area contributed by atoms with E-state index in [9.17, 15) is 4.79 Å². The van der Waals surface area contributed by atoms with Crippen LogP contribution in [0.1, 0.15) is 34.7 Å². The number of methoxy groups -OCH3 is 2. The van der Waals surface area contributed by atoms with Crippen LogP contribution >= 0.6 is 11.8 Å². The fourth-order valence-electron chi connectivity index (χ4n) is 4.69. The van der Waals surface area contributed by atoms with Gasteiger partial charge in [0.2, 0.25) is 0 Å². The minimum Gasteiger partial charge on any atom is -0.493 e. The molecule has 1 saturated heterocycles. The van der Waals surface area contributed by atoms with E-state index < -0.39 is 0 Å². The number of thioether (sulfide) groups is 1. The number of furan rings is 1. The summed E-state index contributed by atoms with van der Waals surface area (Å²) < 4.78 is 22.2. The number of carbonyl (C=O) groups excluding carboxylic acids is 1. The van der Waals surface area contributed by atoms with Gasteiger partial charge >= 0.3 is 0 Å². The first kappa shape index (κ1) is 29.5. The highest BCUT2D eigenvalue weighted by Crippen LogP contribution is 2.29. The number of ether oxygens (including phenoxy) is 3. The molecule has 0 radical (unpaired) electrons. The van der Waals surface area contributed by atoms with Crippen LogP contribution in [0.25, 0.3) is 11.3 Å². The largest absolute Gasteiger partial charge is 0.493 e. The molecule has 1 amide bonds. The predicted molar refractivity (Wildman–Crippen MR) is 164 cm³/mol. The van der Waals surface area contributed by atoms with Gasteiger partial charge in [-0.15, -0.1) is 0 Å². The lowest BCUT2D eigenvalue weighted by Gasteiger charge is -2.20. The number of amides is 1. The fourth-order valence-corrected chi connectivity index (χ4v) is 5.44. The first-order valence-electron chi connectivity index (χ1n) is 14.0. The van der Waals surface area contributed by atoms with Crippen LogP contribution in [0.3, 0.4) is 0 Å². The molecule has 1 atom stereocenters. The first-order chi connectivity index (χ1) is 20.5. The maximum Gasteiger partial charge on any atom is 0.287 e. The van der Waals surface area contributed by atoms with Crippen molar-refractivity contribution < 1.29 is 23.4 Å². The van der Waals surface area contributed by atoms with Crippen LogP contribution in [0.5, 0.6) is 11.5 Å². The van der Waals surface area contributed by atoms with Gasteiger partial charge in [-0.1, -0.05) is 48.2 Å². The molecule has 0 saturated carbocycles. The van der Waals surface area contributed by atoms with E-state index in [4.69, 9.17) is 28.6 Å². The Kier molecular flexibility index (Phi) is 9.99. The normalized spacial score (nSPS) is 14.5. The number of carbonyl (C=O) groups is 1. The fraction of sp³-hybridized carbons (Fsp3) is 0.344. The third-order valence-corrected chi connectivity index (χ3v) is 7.95. The van der Waals surface area contributed by atoms with Crippen molar-refractivity contribution in [2.24, 2.45) is 0 Å². The quantitative estimate of drug-likeness (QED) is 0.157. The van der Waals surface area contributed by atoms with E-state index in [0.29, 0.717) is 34.7 Å². The van der Waals surface area contributed by atoms with E-state index in [1.54, 1.807) is 20.3 Å². The van der Waals surface area contributed by atoms with Gasteiger partial charge in [-0.25, -0.2) is 9.97 Å². The highest BCUT2D eigenvalue weighted by atomic mass is 32.2. The summed E-state index contributed by atoms with van der Waals surface area (Å²) in [5.41, 5.74) is 2.99. The number of hydrogen-bond acceptors (Lipinski definition) is 9. The molecule has 3 heterocycles. The SMILES string of the molecule is COc1ccc(CCN(C)c2cc(-c3ccccc3)nc(SCc3ccc(C(=O)NCC4CCCO4)o3)n2)cc1OC. The predicted octanol–water partition coefficient (Wildman–Crippen LogP) is 5.63. The number of nitrogens with one attached hydrogen (secondary N) is 1. The van der Waals surface area contributed by atoms with Crippen LogP contribution in [0, 0.1) is 0 Å². The summed E-state index contributed by atoms with van der Waals surface area (Å²) in [6, 6.07) is 21.6. The van der Waals surface area contributed by atoms with Crippen LogP contribution in [0.2, 0.25) is 0 Å². The summed E-state index contributed by atoms with van der Waals surface area (Å²) in [6.45, 7) is 1.99. The molecule has 10 heteroatoms. The number of likely N-dealkylation sites (N-methyl/N-ethyl adjacent to an activating group) is 1. The van der Waals surface area contributed by atoms with Crippen molar-refractivity contribution in [3.8, 4) is 22.8 Å². The molecule has 1 aliphatic rings. The molecular formula is C32H36N4O5S. The molecule has 0 aliphatic carbocycles. The minimum atomic E-state index is -0.234. The topological polar surface area (TPSA) is 99.0 Å². The molecule has 1 N–H and O–H groups in total. The average Bonchev–Trinajstić information content (AvgIpc) is 3.74. The Bertz CT molecular complexity index is 1470. The molecule has 0 bridgehead atoms. The molecule has 2 aromatic carbocycles. The van der Waals surface area contributed by atoms with Gasteiger partial charge in [-0.2, -0.15) is 0 Å². The zero-order valence-electron chi connectivity index (χ0n) is 24.2. The van der Waals surface area contributed by atoms with Gasteiger partial charge < -0.3 is 28.8 Å². The van der Waals surface area contributed by atoms with Crippen molar-refractivity contribution in [1.29, 1.82) is 0 Å². The second-order valence-electron chi connectivity index (χ2n) is 10.0. The third-order valence-electron chi connectivity index (χ3n) is 7.08. The summed E-state index contributed by atoms with van der Waals surface area (Å²) in [7, 11) is 5.31. The molecule has 0 spiro atoms. The van der Waals surface area contributed by atoms with Crippen molar-refractivity contribution in [1.82, 2.24) is 15.3 Å². The molecule has 5 rings (SSSR count). The Morgan fingerprint density at radius 3 is 2.64 bits per heavy atom. The number of hydrogen-bond donors (Lipinski definition) is 1. The van der Waals surface area contributed by atoms with Crippen molar-refractivity contribution in [3.05, 3.63) is 83.8 Å². The van der Waals surface area contributed by atoms with Gasteiger partial charge in [0.15, 0.2) is 22.4 Å². The summed E-state index contributed by atoms with van der Waals surface area (Å²) in [5, 5.41) is 3.53. The van der Waals surface area contributed by atoms with E-state index >= 15 is 0 Å². The smallest absolute Gasteiger partial charge is 0.287 e. The number of aromatic nitrogens is 2. The standard InChI is InChI=1S/C32H36N4O5S/c1-36(16-15-22-11-13-27(38-2)29(18-22)39-3)30-19-26(23-8-5-4-6-9-23)34-32(35-30)42-21-25-12-14-28(41-25)31(37)33-20-24-10-7-17-40-24/h4-6,8-9,11-14,18-19,24H,7,10,15-17,20-21H2,1-3H3,(H,33,37). The summed E-state index contributed by atoms with van der Waals surface area (Å²) in [5.74, 6) is 3.47. The van der Waals surface area contributed by atoms with Gasteiger partial charge in [0.25, 0.3) is 5.91 Å². The van der Waals surface area contributed by atoms with Crippen LogP contribution in [0.15, 0.2) is 76.3 Å². The van der Waals surface area contributed by atoms with Gasteiger partial charge in [0, 0.05) is 38.4 Å². The lowest BCUT2D eigenvalue weighted by Crippen LogP contribution is -2.31. The minimum absolute atomic E-state index is 0.0827. The van der Waals surface area contributed by atoms with Crippen LogP contribution in [-0.4, -0.2) is 62.9 Å². The van der Waals surface area contributed by atoms with E-state index in [0.717, 1.165) is 55.1 Å². The first-order valence-corrected chi connectivity index (χ1v) is 15.0. The zero-order valence-corrected chi connectivity index (χ0v) is 25.0. The van der Waals surface area contributed by atoms with Crippen LogP contribution in [-0.2, 0) is 16.9 Å². The number of anilines is 1. The van der Waals surface area contributed by atoms with Crippen molar-refractivity contribution >= 4 is 23.5 Å². The number of nitrogens with zero attached hydrogens (tertiary/aromatic N) is 3. The van der Waals surface area contributed by atoms with Gasteiger partial charge in [-0.05, 0) is 49.1 Å². The second-order valence-corrected chi connectivity index (χ2v) is 11.0. The van der Waals surface area contributed by atoms with E-state index in [2.05, 4.69) is 10.2 Å². The molecule has 1 aliphatic heterocycles. The molecule has 4 aromatic rings. The average molecular weight is 589 g/mol. The van der Waals surface area contributed by atoms with Gasteiger partial charge in [-0.3, -0.25) is 4.79 Å². The molecule has 220 valence electrons. The highest BCUT2D eigenvalue weighted by Gasteiger charge is 2.19. The molecular weight excluding hydrogens is 552 g/mol. The maximum atomic E-state index is 12.5. The van der Waals surface area contributed by atoms with E-state index in [-0.39, 0.29) is 17.8 Å². The molecule has 9 nitrogen and oxygen atoms in total. The van der Waals surface area contributed by atoms with Gasteiger partial charge in [0.1, 0.15) is 11.6 Å². The Morgan fingerprint density at radius 2 is 1.88 bits per heavy atom. The summed E-state index contributed by atoms with van der Waals surface area (Å²) in [6.07, 6.45) is 2.88. The molecule has 1 unspecified atom stereocenters. The lowest BCUT2D eigenvalue weighted by atomic mass is 10.1. The van der Waals surface area contributed by atoms with Crippen molar-refractivity contribution in [2.75, 3.05) is 45.9 Å². The summed E-state index contributed by atoms with van der Waals surface area (Å²) in [4.78, 5) is 24.4. The summed E-state index contributed by atoms with van der Waals surface area (Å²) >= 11 is 1.47. The maximum absolute atomic E-state index is 12.5. The third kappa shape index (κ3) is 7.63. The number of benzene rings is 2. The van der Waals surface area contributed by atoms with Crippen molar-refractivity contribution in [3.63, 3.8) is 0 Å². The van der Waals surface area contributed by atoms with E-state index in [1.807, 2.05) is 67.7 Å². The Morgan fingerprint density at radius 1 is 1.05 bits per heavy atom. The molecule has 2 aromatic heterocycles. The highest BCUT2D eigenvalue weighted by molar-refractivity contribution is 7.98.